The number of nitrogens with zero attached hydrogens (tertiary/aromatic N) is 2. The maximum atomic E-state index is 13.2. The van der Waals surface area contributed by atoms with Crippen molar-refractivity contribution in [1.82, 2.24) is 0 Å². The van der Waals surface area contributed by atoms with Crippen molar-refractivity contribution in [3.8, 4) is 0 Å². The number of amides is 2. The monoisotopic (exact) mass is 389 g/mol. The molecule has 146 valence electrons. The molecule has 7 heteroatoms. The first-order valence-corrected chi connectivity index (χ1v) is 9.46. The quantitative estimate of drug-likeness (QED) is 0.602. The molecule has 0 atom stereocenters. The molecule has 3 aromatic rings. The van der Waals surface area contributed by atoms with Crippen LogP contribution in [0.4, 0.5) is 22.7 Å². The lowest BCUT2D eigenvalue weighted by molar-refractivity contribution is 0.100. The van der Waals surface area contributed by atoms with Crippen molar-refractivity contribution in [1.29, 1.82) is 0 Å². The Morgan fingerprint density at radius 1 is 0.828 bits per heavy atom. The van der Waals surface area contributed by atoms with Crippen molar-refractivity contribution in [3.05, 3.63) is 59.7 Å². The van der Waals surface area contributed by atoms with E-state index in [0.717, 1.165) is 33.5 Å². The Balaban J connectivity index is 1.57. The Hall–Kier alpha value is -3.42. The fourth-order valence-electron chi connectivity index (χ4n) is 4.24. The number of nitrogens with one attached hydrogen (secondary N) is 1. The minimum absolute atomic E-state index is 0.0128. The SMILES string of the molecule is O=C1Nc2ccc3c4c(ccc1c24)C(=O)N3c1ccc(N(CCO)CCO)cc1. The molecule has 3 aromatic carbocycles. The number of rotatable bonds is 6. The second kappa shape index (κ2) is 6.58. The summed E-state index contributed by atoms with van der Waals surface area (Å²) in [6.45, 7) is 0.807. The zero-order chi connectivity index (χ0) is 20.1. The Bertz CT molecular complexity index is 1150. The van der Waals surface area contributed by atoms with Gasteiger partial charge in [-0.1, -0.05) is 0 Å². The smallest absolute Gasteiger partial charge is 0.263 e. The number of hydrogen-bond donors (Lipinski definition) is 3. The topological polar surface area (TPSA) is 93.1 Å². The van der Waals surface area contributed by atoms with Crippen molar-refractivity contribution in [2.75, 3.05) is 41.4 Å². The molecule has 0 aliphatic carbocycles. The van der Waals surface area contributed by atoms with E-state index in [1.807, 2.05) is 41.3 Å². The summed E-state index contributed by atoms with van der Waals surface area (Å²) in [5.41, 5.74) is 4.25. The molecule has 0 bridgehead atoms. The summed E-state index contributed by atoms with van der Waals surface area (Å²) in [4.78, 5) is 28.9. The molecule has 3 N–H and O–H groups in total. The number of carbonyl (C=O) groups excluding carboxylic acids is 2. The van der Waals surface area contributed by atoms with Gasteiger partial charge in [-0.15, -0.1) is 0 Å². The molecule has 2 aliphatic heterocycles. The van der Waals surface area contributed by atoms with E-state index in [2.05, 4.69) is 5.32 Å². The summed E-state index contributed by atoms with van der Waals surface area (Å²) in [7, 11) is 0. The molecule has 7 nitrogen and oxygen atoms in total. The number of aliphatic hydroxyl groups excluding tert-OH is 2. The van der Waals surface area contributed by atoms with Crippen LogP contribution in [0.1, 0.15) is 20.7 Å². The van der Waals surface area contributed by atoms with Gasteiger partial charge in [-0.3, -0.25) is 14.5 Å². The van der Waals surface area contributed by atoms with Crippen LogP contribution in [0, 0.1) is 0 Å². The lowest BCUT2D eigenvalue weighted by Crippen LogP contribution is -2.29. The first-order chi connectivity index (χ1) is 14.1. The first kappa shape index (κ1) is 17.7. The van der Waals surface area contributed by atoms with E-state index < -0.39 is 0 Å². The summed E-state index contributed by atoms with van der Waals surface area (Å²) in [5.74, 6) is -0.273. The predicted octanol–water partition coefficient (Wildman–Crippen LogP) is 2.49. The van der Waals surface area contributed by atoms with Crippen molar-refractivity contribution in [3.63, 3.8) is 0 Å². The fourth-order valence-corrected chi connectivity index (χ4v) is 4.24. The van der Waals surface area contributed by atoms with E-state index in [1.54, 1.807) is 17.0 Å². The molecule has 2 aliphatic rings. The van der Waals surface area contributed by atoms with Gasteiger partial charge in [0.05, 0.1) is 24.5 Å². The van der Waals surface area contributed by atoms with Crippen molar-refractivity contribution in [2.24, 2.45) is 0 Å². The van der Waals surface area contributed by atoms with Crippen LogP contribution in [0.25, 0.3) is 10.8 Å². The van der Waals surface area contributed by atoms with Crippen molar-refractivity contribution in [2.45, 2.75) is 0 Å². The van der Waals surface area contributed by atoms with E-state index >= 15 is 0 Å². The number of hydrogen-bond acceptors (Lipinski definition) is 5. The lowest BCUT2D eigenvalue weighted by atomic mass is 10.0. The third-order valence-corrected chi connectivity index (χ3v) is 5.52. The van der Waals surface area contributed by atoms with Crippen LogP contribution in [0.5, 0.6) is 0 Å². The average molecular weight is 389 g/mol. The average Bonchev–Trinajstić information content (AvgIpc) is 3.21. The highest BCUT2D eigenvalue weighted by Gasteiger charge is 2.35. The van der Waals surface area contributed by atoms with Crippen LogP contribution < -0.4 is 15.1 Å². The molecular formula is C22H19N3O4. The van der Waals surface area contributed by atoms with E-state index in [1.165, 1.54) is 0 Å². The van der Waals surface area contributed by atoms with Gasteiger partial charge in [0, 0.05) is 46.5 Å². The van der Waals surface area contributed by atoms with Gasteiger partial charge in [0.15, 0.2) is 0 Å². The number of benzene rings is 3. The van der Waals surface area contributed by atoms with Crippen molar-refractivity contribution >= 4 is 45.3 Å². The summed E-state index contributed by atoms with van der Waals surface area (Å²) in [6, 6.07) is 14.6. The summed E-state index contributed by atoms with van der Waals surface area (Å²) >= 11 is 0. The lowest BCUT2D eigenvalue weighted by Gasteiger charge is -2.24. The van der Waals surface area contributed by atoms with Crippen LogP contribution in [-0.2, 0) is 0 Å². The Labute approximate surface area is 166 Å². The highest BCUT2D eigenvalue weighted by molar-refractivity contribution is 6.35. The number of anilines is 4. The third-order valence-electron chi connectivity index (χ3n) is 5.52. The molecule has 0 unspecified atom stereocenters. The molecule has 0 spiro atoms. The van der Waals surface area contributed by atoms with Crippen LogP contribution >= 0.6 is 0 Å². The highest BCUT2D eigenvalue weighted by Crippen LogP contribution is 2.47. The Kier molecular flexibility index (Phi) is 4.01. The summed E-state index contributed by atoms with van der Waals surface area (Å²) in [6.07, 6.45) is 0. The molecule has 0 radical (unpaired) electrons. The summed E-state index contributed by atoms with van der Waals surface area (Å²) < 4.78 is 0. The number of aliphatic hydroxyl groups is 2. The zero-order valence-corrected chi connectivity index (χ0v) is 15.6. The van der Waals surface area contributed by atoms with Crippen LogP contribution in [0.3, 0.4) is 0 Å². The fraction of sp³-hybridized carbons (Fsp3) is 0.182. The van der Waals surface area contributed by atoms with E-state index in [4.69, 9.17) is 0 Å². The standard InChI is InChI=1S/C22H19N3O4/c26-11-9-24(10-12-27)13-1-3-14(4-2-13)25-18-8-7-17-19-15(21(28)23-17)5-6-16(20(18)19)22(25)29/h1-8,26-27H,9-12H2,(H,23,28). The third kappa shape index (κ3) is 2.52. The molecular weight excluding hydrogens is 370 g/mol. The van der Waals surface area contributed by atoms with Crippen molar-refractivity contribution < 1.29 is 19.8 Å². The van der Waals surface area contributed by atoms with E-state index in [-0.39, 0.29) is 25.0 Å². The van der Waals surface area contributed by atoms with Crippen LogP contribution in [0.2, 0.25) is 0 Å². The molecule has 5 rings (SSSR count). The first-order valence-electron chi connectivity index (χ1n) is 9.46. The number of carbonyl (C=O) groups is 2. The molecule has 0 saturated heterocycles. The predicted molar refractivity (Wildman–Crippen MR) is 111 cm³/mol. The minimum atomic E-state index is -0.146. The molecule has 0 saturated carbocycles. The van der Waals surface area contributed by atoms with Gasteiger partial charge in [-0.2, -0.15) is 0 Å². The van der Waals surface area contributed by atoms with Gasteiger partial charge in [0.1, 0.15) is 0 Å². The Morgan fingerprint density at radius 2 is 1.52 bits per heavy atom. The van der Waals surface area contributed by atoms with Gasteiger partial charge >= 0.3 is 0 Å². The largest absolute Gasteiger partial charge is 0.395 e. The maximum absolute atomic E-state index is 13.2. The van der Waals surface area contributed by atoms with Gasteiger partial charge < -0.3 is 20.4 Å². The molecule has 0 aromatic heterocycles. The van der Waals surface area contributed by atoms with Gasteiger partial charge in [-0.05, 0) is 48.5 Å². The molecule has 2 amide bonds. The zero-order valence-electron chi connectivity index (χ0n) is 15.6. The molecule has 2 heterocycles. The van der Waals surface area contributed by atoms with Gasteiger partial charge in [0.2, 0.25) is 0 Å². The Morgan fingerprint density at radius 3 is 2.21 bits per heavy atom. The summed E-state index contributed by atoms with van der Waals surface area (Å²) in [5, 5.41) is 22.9. The molecule has 29 heavy (non-hydrogen) atoms. The second-order valence-corrected chi connectivity index (χ2v) is 7.09. The second-order valence-electron chi connectivity index (χ2n) is 7.09. The van der Waals surface area contributed by atoms with Gasteiger partial charge in [0.25, 0.3) is 11.8 Å². The van der Waals surface area contributed by atoms with E-state index in [9.17, 15) is 19.8 Å². The highest BCUT2D eigenvalue weighted by atomic mass is 16.3. The maximum Gasteiger partial charge on any atom is 0.263 e. The van der Waals surface area contributed by atoms with Crippen LogP contribution in [0.15, 0.2) is 48.5 Å². The van der Waals surface area contributed by atoms with Crippen LogP contribution in [-0.4, -0.2) is 48.3 Å². The molecule has 0 fully saturated rings. The minimum Gasteiger partial charge on any atom is -0.395 e. The van der Waals surface area contributed by atoms with Gasteiger partial charge in [-0.25, -0.2) is 0 Å². The normalized spacial score (nSPS) is 14.1. The van der Waals surface area contributed by atoms with E-state index in [0.29, 0.717) is 24.2 Å².